The maximum Gasteiger partial charge on any atom is 0.127 e. The number of rotatable bonds is 3. The number of nitrogens with one attached hydrogen (secondary N) is 2. The molecule has 1 aliphatic rings. The van der Waals surface area contributed by atoms with E-state index in [4.69, 9.17) is 9.47 Å². The Balaban J connectivity index is 1.86. The lowest BCUT2D eigenvalue weighted by Gasteiger charge is -2.26. The van der Waals surface area contributed by atoms with E-state index in [9.17, 15) is 4.39 Å². The molecule has 0 fully saturated rings. The number of fused-ring (bicyclic) bond motifs is 3. The van der Waals surface area contributed by atoms with Crippen molar-refractivity contribution in [2.45, 2.75) is 12.5 Å². The van der Waals surface area contributed by atoms with Crippen molar-refractivity contribution in [1.29, 1.82) is 0 Å². The summed E-state index contributed by atoms with van der Waals surface area (Å²) in [7, 11) is 3.29. The lowest BCUT2D eigenvalue weighted by atomic mass is 9.93. The highest BCUT2D eigenvalue weighted by Crippen LogP contribution is 2.38. The largest absolute Gasteiger partial charge is 0.497 e. The number of halogens is 1. The van der Waals surface area contributed by atoms with E-state index in [1.165, 1.54) is 11.6 Å². The predicted octanol–water partition coefficient (Wildman–Crippen LogP) is 3.56. The van der Waals surface area contributed by atoms with Gasteiger partial charge in [0.1, 0.15) is 17.3 Å². The van der Waals surface area contributed by atoms with Crippen LogP contribution < -0.4 is 14.8 Å². The number of hydrogen-bond donors (Lipinski definition) is 2. The Bertz CT molecular complexity index is 904. The summed E-state index contributed by atoms with van der Waals surface area (Å²) < 4.78 is 24.5. The second kappa shape index (κ2) is 5.83. The third-order valence-corrected chi connectivity index (χ3v) is 4.66. The van der Waals surface area contributed by atoms with Crippen LogP contribution in [0.2, 0.25) is 0 Å². The van der Waals surface area contributed by atoms with Crippen LogP contribution in [-0.2, 0) is 6.42 Å². The molecular weight excluding hydrogens is 307 g/mol. The standard InChI is InChI=1S/C19H19FN2O2/c1-23-12-4-5-14(17(10-12)24-2)18-19-13(7-8-21-18)15-9-11(20)3-6-16(15)22-19/h3-6,9-10,18,21-22H,7-8H2,1-2H3. The molecule has 0 saturated heterocycles. The summed E-state index contributed by atoms with van der Waals surface area (Å²) in [6.45, 7) is 0.830. The molecule has 24 heavy (non-hydrogen) atoms. The lowest BCUT2D eigenvalue weighted by molar-refractivity contribution is 0.386. The van der Waals surface area contributed by atoms with Crippen molar-refractivity contribution < 1.29 is 13.9 Å². The van der Waals surface area contributed by atoms with Gasteiger partial charge < -0.3 is 19.8 Å². The topological polar surface area (TPSA) is 46.3 Å². The molecule has 5 heteroatoms. The van der Waals surface area contributed by atoms with Gasteiger partial charge in [-0.15, -0.1) is 0 Å². The zero-order valence-corrected chi connectivity index (χ0v) is 13.7. The SMILES string of the molecule is COc1ccc(C2NCCc3c2[nH]c2ccc(F)cc32)c(OC)c1. The van der Waals surface area contributed by atoms with Crippen molar-refractivity contribution in [3.63, 3.8) is 0 Å². The summed E-state index contributed by atoms with van der Waals surface area (Å²) in [5.41, 5.74) is 4.24. The Morgan fingerprint density at radius 2 is 1.96 bits per heavy atom. The van der Waals surface area contributed by atoms with Gasteiger partial charge >= 0.3 is 0 Å². The summed E-state index contributed by atoms with van der Waals surface area (Å²) in [4.78, 5) is 3.46. The van der Waals surface area contributed by atoms with Gasteiger partial charge in [0.25, 0.3) is 0 Å². The van der Waals surface area contributed by atoms with Gasteiger partial charge in [-0.05, 0) is 42.3 Å². The maximum absolute atomic E-state index is 13.6. The number of methoxy groups -OCH3 is 2. The fraction of sp³-hybridized carbons (Fsp3) is 0.263. The predicted molar refractivity (Wildman–Crippen MR) is 91.4 cm³/mol. The number of hydrogen-bond acceptors (Lipinski definition) is 3. The van der Waals surface area contributed by atoms with E-state index in [1.807, 2.05) is 18.2 Å². The average molecular weight is 326 g/mol. The smallest absolute Gasteiger partial charge is 0.127 e. The van der Waals surface area contributed by atoms with Crippen molar-refractivity contribution in [2.24, 2.45) is 0 Å². The fourth-order valence-electron chi connectivity index (χ4n) is 3.52. The quantitative estimate of drug-likeness (QED) is 0.774. The molecule has 4 rings (SSSR count). The first kappa shape index (κ1) is 15.0. The van der Waals surface area contributed by atoms with E-state index in [1.54, 1.807) is 26.4 Å². The van der Waals surface area contributed by atoms with E-state index >= 15 is 0 Å². The third-order valence-electron chi connectivity index (χ3n) is 4.66. The van der Waals surface area contributed by atoms with E-state index in [0.29, 0.717) is 0 Å². The van der Waals surface area contributed by atoms with Crippen LogP contribution in [0, 0.1) is 5.82 Å². The molecule has 0 saturated carbocycles. The van der Waals surface area contributed by atoms with Gasteiger partial charge in [-0.1, -0.05) is 0 Å². The highest BCUT2D eigenvalue weighted by Gasteiger charge is 2.27. The van der Waals surface area contributed by atoms with E-state index in [2.05, 4.69) is 10.3 Å². The van der Waals surface area contributed by atoms with Crippen molar-refractivity contribution in [3.05, 3.63) is 59.0 Å². The number of aromatic amines is 1. The first-order valence-electron chi connectivity index (χ1n) is 7.96. The highest BCUT2D eigenvalue weighted by molar-refractivity contribution is 5.85. The van der Waals surface area contributed by atoms with Crippen LogP contribution in [0.25, 0.3) is 10.9 Å². The van der Waals surface area contributed by atoms with Crippen molar-refractivity contribution in [1.82, 2.24) is 10.3 Å². The monoisotopic (exact) mass is 326 g/mol. The van der Waals surface area contributed by atoms with Crippen molar-refractivity contribution in [2.75, 3.05) is 20.8 Å². The van der Waals surface area contributed by atoms with E-state index in [0.717, 1.165) is 46.6 Å². The van der Waals surface area contributed by atoms with Crippen LogP contribution in [0.15, 0.2) is 36.4 Å². The molecular formula is C19H19FN2O2. The van der Waals surface area contributed by atoms with Crippen LogP contribution in [0.3, 0.4) is 0 Å². The molecule has 2 N–H and O–H groups in total. The number of ether oxygens (including phenoxy) is 2. The molecule has 124 valence electrons. The average Bonchev–Trinajstić information content (AvgIpc) is 2.99. The first-order chi connectivity index (χ1) is 11.7. The molecule has 0 radical (unpaired) electrons. The Morgan fingerprint density at radius 1 is 1.08 bits per heavy atom. The molecule has 3 aromatic rings. The Kier molecular flexibility index (Phi) is 3.65. The molecule has 0 aliphatic carbocycles. The zero-order chi connectivity index (χ0) is 16.7. The second-order valence-electron chi connectivity index (χ2n) is 5.95. The molecule has 1 aromatic heterocycles. The van der Waals surface area contributed by atoms with Crippen molar-refractivity contribution in [3.8, 4) is 11.5 Å². The zero-order valence-electron chi connectivity index (χ0n) is 13.7. The van der Waals surface area contributed by atoms with E-state index in [-0.39, 0.29) is 11.9 Å². The van der Waals surface area contributed by atoms with Crippen LogP contribution in [0.4, 0.5) is 4.39 Å². The Hall–Kier alpha value is -2.53. The molecule has 1 aliphatic heterocycles. The van der Waals surface area contributed by atoms with Gasteiger partial charge in [0.05, 0.1) is 20.3 Å². The molecule has 1 unspecified atom stereocenters. The van der Waals surface area contributed by atoms with Gasteiger partial charge in [0.2, 0.25) is 0 Å². The molecule has 2 aromatic carbocycles. The van der Waals surface area contributed by atoms with Crippen LogP contribution >= 0.6 is 0 Å². The number of benzene rings is 2. The Morgan fingerprint density at radius 3 is 2.75 bits per heavy atom. The minimum atomic E-state index is -0.207. The lowest BCUT2D eigenvalue weighted by Crippen LogP contribution is -2.30. The van der Waals surface area contributed by atoms with Gasteiger partial charge in [-0.3, -0.25) is 0 Å². The molecule has 1 atom stereocenters. The van der Waals surface area contributed by atoms with Gasteiger partial charge in [0.15, 0.2) is 0 Å². The number of aromatic nitrogens is 1. The van der Waals surface area contributed by atoms with Crippen LogP contribution in [0.1, 0.15) is 22.9 Å². The summed E-state index contributed by atoms with van der Waals surface area (Å²) in [6, 6.07) is 10.7. The van der Waals surface area contributed by atoms with Gasteiger partial charge in [-0.2, -0.15) is 0 Å². The molecule has 0 spiro atoms. The minimum Gasteiger partial charge on any atom is -0.497 e. The molecule has 4 nitrogen and oxygen atoms in total. The van der Waals surface area contributed by atoms with Crippen LogP contribution in [0.5, 0.6) is 11.5 Å². The first-order valence-corrected chi connectivity index (χ1v) is 7.96. The van der Waals surface area contributed by atoms with Crippen molar-refractivity contribution >= 4 is 10.9 Å². The van der Waals surface area contributed by atoms with Gasteiger partial charge in [0, 0.05) is 34.8 Å². The van der Waals surface area contributed by atoms with Crippen LogP contribution in [-0.4, -0.2) is 25.7 Å². The number of H-pyrrole nitrogens is 1. The normalized spacial score (nSPS) is 16.9. The summed E-state index contributed by atoms with van der Waals surface area (Å²) >= 11 is 0. The molecule has 0 bridgehead atoms. The highest BCUT2D eigenvalue weighted by atomic mass is 19.1. The third kappa shape index (κ3) is 2.32. The summed E-state index contributed by atoms with van der Waals surface area (Å²) in [6.07, 6.45) is 0.869. The summed E-state index contributed by atoms with van der Waals surface area (Å²) in [5, 5.41) is 4.50. The second-order valence-corrected chi connectivity index (χ2v) is 5.95. The fourth-order valence-corrected chi connectivity index (χ4v) is 3.52. The van der Waals surface area contributed by atoms with Gasteiger partial charge in [-0.25, -0.2) is 4.39 Å². The minimum absolute atomic E-state index is 0.0231. The molecule has 0 amide bonds. The maximum atomic E-state index is 13.6. The Labute approximate surface area is 139 Å². The van der Waals surface area contributed by atoms with E-state index < -0.39 is 0 Å². The molecule has 2 heterocycles. The summed E-state index contributed by atoms with van der Waals surface area (Å²) in [5.74, 6) is 1.32.